The van der Waals surface area contributed by atoms with Gasteiger partial charge in [-0.25, -0.2) is 0 Å². The van der Waals surface area contributed by atoms with Gasteiger partial charge in [-0.05, 0) is 65.6 Å². The first kappa shape index (κ1) is 34.3. The predicted octanol–water partition coefficient (Wildman–Crippen LogP) is 7.67. The monoisotopic (exact) mass is 616 g/mol. The lowest BCUT2D eigenvalue weighted by atomic mass is 9.88. The Morgan fingerprint density at radius 1 is 0.841 bits per heavy atom. The number of likely N-dealkylation sites (N-methyl/N-ethyl adjacent to an activating group) is 2. The molecule has 236 valence electrons. The van der Waals surface area contributed by atoms with E-state index < -0.39 is 31.0 Å². The molecule has 0 fully saturated rings. The van der Waals surface area contributed by atoms with Crippen molar-refractivity contribution < 1.29 is 36.6 Å². The molecule has 3 aromatic rings. The maximum absolute atomic E-state index is 13.1. The molecule has 44 heavy (non-hydrogen) atoms. The topological polar surface area (TPSA) is 53.0 Å². The summed E-state index contributed by atoms with van der Waals surface area (Å²) in [7, 11) is 2.98. The molecule has 10 heteroatoms. The van der Waals surface area contributed by atoms with Gasteiger partial charge >= 0.3 is 12.1 Å². The maximum Gasteiger partial charge on any atom is 0.453 e. The highest BCUT2D eigenvalue weighted by Gasteiger charge is 2.56. The van der Waals surface area contributed by atoms with Crippen molar-refractivity contribution in [2.45, 2.75) is 31.9 Å². The van der Waals surface area contributed by atoms with E-state index in [1.165, 1.54) is 18.7 Å². The third kappa shape index (κ3) is 9.67. The van der Waals surface area contributed by atoms with E-state index in [-0.39, 0.29) is 5.75 Å². The second kappa shape index (κ2) is 15.5. The number of carbonyl (C=O) groups excluding carboxylic acids is 1. The van der Waals surface area contributed by atoms with Crippen molar-refractivity contribution in [2.75, 3.05) is 40.3 Å². The fourth-order valence-electron chi connectivity index (χ4n) is 4.46. The summed E-state index contributed by atoms with van der Waals surface area (Å²) in [5.74, 6) is -4.64. The predicted molar refractivity (Wildman–Crippen MR) is 163 cm³/mol. The van der Waals surface area contributed by atoms with Crippen LogP contribution in [0.5, 0.6) is 11.5 Å². The minimum absolute atomic E-state index is 0.196. The van der Waals surface area contributed by atoms with E-state index >= 15 is 0 Å². The average molecular weight is 617 g/mol. The lowest BCUT2D eigenvalue weighted by Crippen LogP contribution is -2.40. The number of ether oxygens (including phenoxy) is 1. The number of alkyl halides is 5. The molecule has 0 aliphatic rings. The van der Waals surface area contributed by atoms with Crippen LogP contribution in [-0.4, -0.2) is 73.2 Å². The molecule has 3 aromatic carbocycles. The SMILES string of the molecule is CCC(=C(c1ccc(O)cc1)c1ccc(OCCN(C)CC=CC(=O)N(C)CCC(F)(F)C(F)(F)F)cc1)c1ccccc1. The van der Waals surface area contributed by atoms with Gasteiger partial charge in [0.05, 0.1) is 0 Å². The van der Waals surface area contributed by atoms with E-state index in [4.69, 9.17) is 4.74 Å². The second-order valence-electron chi connectivity index (χ2n) is 10.4. The van der Waals surface area contributed by atoms with Gasteiger partial charge in [0, 0.05) is 39.2 Å². The Labute approximate surface area is 254 Å². The zero-order valence-corrected chi connectivity index (χ0v) is 25.0. The van der Waals surface area contributed by atoms with Crippen molar-refractivity contribution in [2.24, 2.45) is 0 Å². The van der Waals surface area contributed by atoms with Gasteiger partial charge in [0.15, 0.2) is 0 Å². The zero-order chi connectivity index (χ0) is 32.3. The largest absolute Gasteiger partial charge is 0.508 e. The van der Waals surface area contributed by atoms with Gasteiger partial charge in [-0.3, -0.25) is 9.69 Å². The van der Waals surface area contributed by atoms with Crippen LogP contribution in [0, 0.1) is 0 Å². The Morgan fingerprint density at radius 2 is 1.43 bits per heavy atom. The van der Waals surface area contributed by atoms with Gasteiger partial charge in [-0.15, -0.1) is 0 Å². The number of halogens is 5. The highest BCUT2D eigenvalue weighted by Crippen LogP contribution is 2.38. The molecule has 0 unspecified atom stereocenters. The van der Waals surface area contributed by atoms with Crippen LogP contribution in [0.15, 0.2) is 91.0 Å². The van der Waals surface area contributed by atoms with Gasteiger partial charge in [-0.1, -0.05) is 67.6 Å². The Balaban J connectivity index is 1.57. The number of amides is 1. The lowest BCUT2D eigenvalue weighted by Gasteiger charge is -2.22. The molecule has 0 aromatic heterocycles. The Kier molecular flexibility index (Phi) is 12.1. The Bertz CT molecular complexity index is 1400. The van der Waals surface area contributed by atoms with Crippen LogP contribution < -0.4 is 4.74 Å². The van der Waals surface area contributed by atoms with Crippen molar-refractivity contribution in [3.63, 3.8) is 0 Å². The number of aromatic hydroxyl groups is 1. The van der Waals surface area contributed by atoms with E-state index in [2.05, 4.69) is 19.1 Å². The molecule has 0 saturated heterocycles. The summed E-state index contributed by atoms with van der Waals surface area (Å²) in [5.41, 5.74) is 5.33. The van der Waals surface area contributed by atoms with Gasteiger partial charge in [0.25, 0.3) is 0 Å². The standard InChI is InChI=1S/C34H37F5N2O3/c1-4-30(25-9-6-5-7-10-25)32(26-12-16-28(42)17-13-26)27-14-18-29(19-15-27)44-24-23-40(2)21-8-11-31(43)41(3)22-20-33(35,36)34(37,38)39/h5-19,42H,4,20-24H2,1-3H3. The molecular weight excluding hydrogens is 579 g/mol. The maximum atomic E-state index is 13.1. The summed E-state index contributed by atoms with van der Waals surface area (Å²) in [6.45, 7) is 2.60. The summed E-state index contributed by atoms with van der Waals surface area (Å²) in [6, 6.07) is 25.1. The summed E-state index contributed by atoms with van der Waals surface area (Å²) in [4.78, 5) is 14.8. The van der Waals surface area contributed by atoms with Crippen LogP contribution in [0.1, 0.15) is 36.5 Å². The molecule has 1 amide bonds. The van der Waals surface area contributed by atoms with Crippen LogP contribution >= 0.6 is 0 Å². The first-order valence-electron chi connectivity index (χ1n) is 14.2. The minimum Gasteiger partial charge on any atom is -0.508 e. The highest BCUT2D eigenvalue weighted by molar-refractivity contribution is 5.98. The number of allylic oxidation sites excluding steroid dienone is 1. The quantitative estimate of drug-likeness (QED) is 0.115. The molecule has 0 radical (unpaired) electrons. The molecule has 5 nitrogen and oxygen atoms in total. The minimum atomic E-state index is -5.64. The first-order valence-corrected chi connectivity index (χ1v) is 14.2. The number of rotatable bonds is 14. The fourth-order valence-corrected chi connectivity index (χ4v) is 4.46. The van der Waals surface area contributed by atoms with Crippen LogP contribution in [0.2, 0.25) is 0 Å². The number of carbonyl (C=O) groups is 1. The molecule has 0 heterocycles. The Hall–Kier alpha value is -4.18. The molecule has 0 saturated carbocycles. The third-order valence-electron chi connectivity index (χ3n) is 7.05. The van der Waals surface area contributed by atoms with Crippen molar-refractivity contribution >= 4 is 17.1 Å². The van der Waals surface area contributed by atoms with Crippen molar-refractivity contribution in [1.29, 1.82) is 0 Å². The van der Waals surface area contributed by atoms with E-state index in [1.54, 1.807) is 19.2 Å². The number of phenolic OH excluding ortho intramolecular Hbond substituents is 1. The van der Waals surface area contributed by atoms with Crippen LogP contribution in [0.25, 0.3) is 11.1 Å². The van der Waals surface area contributed by atoms with E-state index in [1.807, 2.05) is 59.5 Å². The van der Waals surface area contributed by atoms with Gasteiger partial charge in [-0.2, -0.15) is 22.0 Å². The van der Waals surface area contributed by atoms with E-state index in [0.29, 0.717) is 25.4 Å². The highest BCUT2D eigenvalue weighted by atomic mass is 19.4. The molecule has 0 bridgehead atoms. The molecule has 0 aliphatic heterocycles. The van der Waals surface area contributed by atoms with Crippen molar-refractivity contribution in [3.05, 3.63) is 108 Å². The average Bonchev–Trinajstić information content (AvgIpc) is 2.99. The van der Waals surface area contributed by atoms with Crippen molar-refractivity contribution in [3.8, 4) is 11.5 Å². The summed E-state index contributed by atoms with van der Waals surface area (Å²) in [5, 5.41) is 9.83. The number of nitrogens with zero attached hydrogens (tertiary/aromatic N) is 2. The zero-order valence-electron chi connectivity index (χ0n) is 25.0. The summed E-state index contributed by atoms with van der Waals surface area (Å²) in [6.07, 6.45) is -3.67. The normalized spacial score (nSPS) is 12.8. The van der Waals surface area contributed by atoms with Gasteiger partial charge in [0.1, 0.15) is 18.1 Å². The van der Waals surface area contributed by atoms with Crippen LogP contribution in [0.3, 0.4) is 0 Å². The smallest absolute Gasteiger partial charge is 0.453 e. The third-order valence-corrected chi connectivity index (χ3v) is 7.05. The second-order valence-corrected chi connectivity index (χ2v) is 10.4. The number of hydrogen-bond acceptors (Lipinski definition) is 4. The van der Waals surface area contributed by atoms with Gasteiger partial charge in [0.2, 0.25) is 5.91 Å². The van der Waals surface area contributed by atoms with Crippen molar-refractivity contribution in [1.82, 2.24) is 9.80 Å². The molecule has 0 spiro atoms. The number of phenols is 1. The van der Waals surface area contributed by atoms with E-state index in [9.17, 15) is 31.9 Å². The molecule has 3 rings (SSSR count). The molecule has 1 N–H and O–H groups in total. The summed E-state index contributed by atoms with van der Waals surface area (Å²) >= 11 is 0. The number of benzene rings is 3. The Morgan fingerprint density at radius 3 is 2.00 bits per heavy atom. The molecule has 0 atom stereocenters. The van der Waals surface area contributed by atoms with Gasteiger partial charge < -0.3 is 14.7 Å². The molecule has 0 aliphatic carbocycles. The van der Waals surface area contributed by atoms with Crippen LogP contribution in [-0.2, 0) is 4.79 Å². The lowest BCUT2D eigenvalue weighted by molar-refractivity contribution is -0.284. The summed E-state index contributed by atoms with van der Waals surface area (Å²) < 4.78 is 69.1. The number of hydrogen-bond donors (Lipinski definition) is 1. The fraction of sp³-hybridized carbons (Fsp3) is 0.324. The van der Waals surface area contributed by atoms with E-state index in [0.717, 1.165) is 39.7 Å². The molecular formula is C34H37F5N2O3. The van der Waals surface area contributed by atoms with Crippen LogP contribution in [0.4, 0.5) is 22.0 Å². The first-order chi connectivity index (χ1) is 20.8.